The Balaban J connectivity index is 2.91. The third kappa shape index (κ3) is 3.49. The molecule has 2 N–H and O–H groups in total. The van der Waals surface area contributed by atoms with Crippen LogP contribution in [0.25, 0.3) is 0 Å². The number of pyridine rings is 1. The van der Waals surface area contributed by atoms with Crippen molar-refractivity contribution in [2.45, 2.75) is 40.3 Å². The predicted molar refractivity (Wildman–Crippen MR) is 69.4 cm³/mol. The van der Waals surface area contributed by atoms with E-state index in [1.807, 2.05) is 12.3 Å². The van der Waals surface area contributed by atoms with Gasteiger partial charge < -0.3 is 10.6 Å². The lowest BCUT2D eigenvalue weighted by molar-refractivity contribution is 0.566. The van der Waals surface area contributed by atoms with Crippen molar-refractivity contribution in [3.05, 3.63) is 23.9 Å². The Hall–Kier alpha value is -1.09. The Morgan fingerprint density at radius 3 is 2.50 bits per heavy atom. The monoisotopic (exact) mass is 221 g/mol. The molecule has 0 bridgehead atoms. The molecule has 0 spiro atoms. The molecule has 0 radical (unpaired) electrons. The second-order valence-corrected chi connectivity index (χ2v) is 4.87. The van der Waals surface area contributed by atoms with Crippen LogP contribution in [0.15, 0.2) is 18.3 Å². The smallest absolute Gasteiger partial charge is 0.129 e. The summed E-state index contributed by atoms with van der Waals surface area (Å²) in [5.41, 5.74) is 6.79. The van der Waals surface area contributed by atoms with Gasteiger partial charge in [0.15, 0.2) is 0 Å². The van der Waals surface area contributed by atoms with E-state index in [0.29, 0.717) is 18.5 Å². The summed E-state index contributed by atoms with van der Waals surface area (Å²) in [6, 6.07) is 4.52. The van der Waals surface area contributed by atoms with Gasteiger partial charge in [0.05, 0.1) is 0 Å². The van der Waals surface area contributed by atoms with Crippen LogP contribution >= 0.6 is 0 Å². The molecule has 0 aliphatic carbocycles. The average Bonchev–Trinajstić information content (AvgIpc) is 2.25. The fourth-order valence-corrected chi connectivity index (χ4v) is 1.71. The molecular formula is C13H23N3. The van der Waals surface area contributed by atoms with Crippen LogP contribution in [-0.2, 0) is 6.54 Å². The topological polar surface area (TPSA) is 42.1 Å². The molecule has 0 aromatic carbocycles. The first kappa shape index (κ1) is 13.0. The molecule has 0 aliphatic rings. The first-order valence-corrected chi connectivity index (χ1v) is 5.96. The number of hydrogen-bond acceptors (Lipinski definition) is 3. The van der Waals surface area contributed by atoms with Gasteiger partial charge in [-0.3, -0.25) is 0 Å². The maximum absolute atomic E-state index is 5.65. The van der Waals surface area contributed by atoms with Crippen LogP contribution in [0, 0.1) is 5.92 Å². The number of nitrogens with two attached hydrogens (primary N) is 1. The van der Waals surface area contributed by atoms with Crippen LogP contribution in [0.3, 0.4) is 0 Å². The summed E-state index contributed by atoms with van der Waals surface area (Å²) >= 11 is 0. The summed E-state index contributed by atoms with van der Waals surface area (Å²) in [6.07, 6.45) is 1.84. The number of nitrogens with zero attached hydrogens (tertiary/aromatic N) is 2. The third-order valence-electron chi connectivity index (χ3n) is 2.53. The van der Waals surface area contributed by atoms with Crippen molar-refractivity contribution in [2.24, 2.45) is 11.7 Å². The minimum atomic E-state index is 0.461. The first-order chi connectivity index (χ1) is 7.54. The lowest BCUT2D eigenvalue weighted by Crippen LogP contribution is -2.34. The van der Waals surface area contributed by atoms with Gasteiger partial charge in [-0.15, -0.1) is 0 Å². The van der Waals surface area contributed by atoms with Crippen LogP contribution in [0.4, 0.5) is 5.82 Å². The summed E-state index contributed by atoms with van der Waals surface area (Å²) in [6.45, 7) is 10.4. The Bertz CT molecular complexity index is 321. The molecular weight excluding hydrogens is 198 g/mol. The van der Waals surface area contributed by atoms with Crippen LogP contribution in [-0.4, -0.2) is 17.6 Å². The van der Waals surface area contributed by atoms with Crippen molar-refractivity contribution in [1.82, 2.24) is 4.98 Å². The second-order valence-electron chi connectivity index (χ2n) is 4.87. The van der Waals surface area contributed by atoms with Gasteiger partial charge in [-0.05, 0) is 37.5 Å². The SMILES string of the molecule is CC(C)CN(c1cc(CN)ccn1)C(C)C. The predicted octanol–water partition coefficient (Wildman–Crippen LogP) is 2.41. The number of anilines is 1. The molecule has 0 unspecified atom stereocenters. The molecule has 90 valence electrons. The number of aromatic nitrogens is 1. The highest BCUT2D eigenvalue weighted by atomic mass is 15.2. The van der Waals surface area contributed by atoms with Crippen molar-refractivity contribution in [3.8, 4) is 0 Å². The minimum absolute atomic E-state index is 0.461. The minimum Gasteiger partial charge on any atom is -0.354 e. The van der Waals surface area contributed by atoms with Crippen LogP contribution in [0.2, 0.25) is 0 Å². The van der Waals surface area contributed by atoms with Crippen LogP contribution in [0.5, 0.6) is 0 Å². The van der Waals surface area contributed by atoms with Gasteiger partial charge >= 0.3 is 0 Å². The summed E-state index contributed by atoms with van der Waals surface area (Å²) in [5, 5.41) is 0. The molecule has 16 heavy (non-hydrogen) atoms. The maximum atomic E-state index is 5.65. The molecule has 1 heterocycles. The second kappa shape index (κ2) is 5.85. The quantitative estimate of drug-likeness (QED) is 0.830. The molecule has 3 heteroatoms. The van der Waals surface area contributed by atoms with E-state index in [-0.39, 0.29) is 0 Å². The fourth-order valence-electron chi connectivity index (χ4n) is 1.71. The van der Waals surface area contributed by atoms with E-state index in [0.717, 1.165) is 17.9 Å². The van der Waals surface area contributed by atoms with Crippen molar-refractivity contribution < 1.29 is 0 Å². The normalized spacial score (nSPS) is 11.2. The van der Waals surface area contributed by atoms with Crippen LogP contribution in [0.1, 0.15) is 33.3 Å². The van der Waals surface area contributed by atoms with Gasteiger partial charge in [0.25, 0.3) is 0 Å². The van der Waals surface area contributed by atoms with Crippen LogP contribution < -0.4 is 10.6 Å². The summed E-state index contributed by atoms with van der Waals surface area (Å²) in [5.74, 6) is 1.66. The zero-order valence-electron chi connectivity index (χ0n) is 10.8. The van der Waals surface area contributed by atoms with E-state index < -0.39 is 0 Å². The molecule has 0 aliphatic heterocycles. The van der Waals surface area contributed by atoms with E-state index in [2.05, 4.69) is 43.6 Å². The molecule has 0 saturated carbocycles. The molecule has 0 fully saturated rings. The van der Waals surface area contributed by atoms with E-state index >= 15 is 0 Å². The van der Waals surface area contributed by atoms with Gasteiger partial charge in [0.2, 0.25) is 0 Å². The van der Waals surface area contributed by atoms with E-state index in [9.17, 15) is 0 Å². The number of hydrogen-bond donors (Lipinski definition) is 1. The standard InChI is InChI=1S/C13H23N3/c1-10(2)9-16(11(3)4)13-7-12(8-14)5-6-15-13/h5-7,10-11H,8-9,14H2,1-4H3. The Kier molecular flexibility index (Phi) is 4.74. The number of rotatable bonds is 5. The van der Waals surface area contributed by atoms with Gasteiger partial charge in [-0.1, -0.05) is 13.8 Å². The highest BCUT2D eigenvalue weighted by molar-refractivity contribution is 5.41. The van der Waals surface area contributed by atoms with E-state index in [1.54, 1.807) is 0 Å². The van der Waals surface area contributed by atoms with Crippen molar-refractivity contribution in [3.63, 3.8) is 0 Å². The molecule has 1 aromatic rings. The Morgan fingerprint density at radius 2 is 2.00 bits per heavy atom. The largest absolute Gasteiger partial charge is 0.354 e. The van der Waals surface area contributed by atoms with E-state index in [4.69, 9.17) is 5.73 Å². The van der Waals surface area contributed by atoms with Gasteiger partial charge in [-0.25, -0.2) is 4.98 Å². The Labute approximate surface area is 98.7 Å². The van der Waals surface area contributed by atoms with Gasteiger partial charge in [0.1, 0.15) is 5.82 Å². The molecule has 0 amide bonds. The molecule has 0 saturated heterocycles. The zero-order chi connectivity index (χ0) is 12.1. The maximum Gasteiger partial charge on any atom is 0.129 e. The van der Waals surface area contributed by atoms with Gasteiger partial charge in [0, 0.05) is 25.3 Å². The Morgan fingerprint density at radius 1 is 1.31 bits per heavy atom. The fraction of sp³-hybridized carbons (Fsp3) is 0.615. The van der Waals surface area contributed by atoms with Crippen molar-refractivity contribution in [1.29, 1.82) is 0 Å². The third-order valence-corrected chi connectivity index (χ3v) is 2.53. The highest BCUT2D eigenvalue weighted by Gasteiger charge is 2.13. The van der Waals surface area contributed by atoms with E-state index in [1.165, 1.54) is 0 Å². The zero-order valence-corrected chi connectivity index (χ0v) is 10.8. The molecule has 1 rings (SSSR count). The molecule has 0 atom stereocenters. The summed E-state index contributed by atoms with van der Waals surface area (Å²) in [4.78, 5) is 6.76. The lowest BCUT2D eigenvalue weighted by atomic mass is 10.1. The molecule has 1 aromatic heterocycles. The summed E-state index contributed by atoms with van der Waals surface area (Å²) < 4.78 is 0. The van der Waals surface area contributed by atoms with Crippen molar-refractivity contribution >= 4 is 5.82 Å². The molecule has 3 nitrogen and oxygen atoms in total. The first-order valence-electron chi connectivity index (χ1n) is 5.96. The average molecular weight is 221 g/mol. The van der Waals surface area contributed by atoms with Crippen molar-refractivity contribution in [2.75, 3.05) is 11.4 Å². The highest BCUT2D eigenvalue weighted by Crippen LogP contribution is 2.17. The summed E-state index contributed by atoms with van der Waals surface area (Å²) in [7, 11) is 0. The lowest BCUT2D eigenvalue weighted by Gasteiger charge is -2.29. The van der Waals surface area contributed by atoms with Gasteiger partial charge in [-0.2, -0.15) is 0 Å².